The van der Waals surface area contributed by atoms with Crippen LogP contribution in [0.2, 0.25) is 0 Å². The van der Waals surface area contributed by atoms with Gasteiger partial charge in [-0.15, -0.1) is 0 Å². The second kappa shape index (κ2) is 13.6. The van der Waals surface area contributed by atoms with Crippen molar-refractivity contribution in [2.45, 2.75) is 27.7 Å². The molecule has 0 radical (unpaired) electrons. The van der Waals surface area contributed by atoms with Gasteiger partial charge in [-0.3, -0.25) is 0 Å². The molecule has 0 N–H and O–H groups in total. The average Bonchev–Trinajstić information content (AvgIpc) is 3.92. The van der Waals surface area contributed by atoms with Crippen molar-refractivity contribution in [2.24, 2.45) is 0 Å². The molecule has 6 heterocycles. The van der Waals surface area contributed by atoms with Crippen LogP contribution in [0.5, 0.6) is 11.5 Å². The highest BCUT2D eigenvalue weighted by atomic mass is 16.5. The predicted octanol–water partition coefficient (Wildman–Crippen LogP) is 12.0. The molecule has 4 nitrogen and oxygen atoms in total. The van der Waals surface area contributed by atoms with Crippen LogP contribution < -0.4 is 42.4 Å². The van der Waals surface area contributed by atoms with Gasteiger partial charge in [0.15, 0.2) is 0 Å². The molecule has 70 heavy (non-hydrogen) atoms. The van der Waals surface area contributed by atoms with E-state index in [9.17, 15) is 0 Å². The van der Waals surface area contributed by atoms with Gasteiger partial charge in [-0.25, -0.2) is 0 Å². The van der Waals surface area contributed by atoms with Crippen LogP contribution in [0.25, 0.3) is 77.2 Å². The molecule has 16 rings (SSSR count). The zero-order chi connectivity index (χ0) is 46.3. The Morgan fingerprint density at radius 3 is 1.53 bits per heavy atom. The molecule has 0 spiro atoms. The summed E-state index contributed by atoms with van der Waals surface area (Å²) in [6.45, 7) is 8.76. The maximum absolute atomic E-state index is 7.53. The number of nitrogens with zero attached hydrogens (tertiary/aromatic N) is 3. The molecule has 326 valence electrons. The van der Waals surface area contributed by atoms with Gasteiger partial charge in [0.05, 0.1) is 11.0 Å². The SMILES string of the molecule is Cc1ccc(C)c(-c2cc3c4c(c2)-n2c5ccccc5c5cccc(c52)B4c2cc4c(cc2O3)N(c2ccccc2)c2cc(-c3cc(C)ccc3C)cc3c2B4c2cccc4c5ccccc5n-3c24)c1. The van der Waals surface area contributed by atoms with Gasteiger partial charge in [-0.1, -0.05) is 145 Å². The summed E-state index contributed by atoms with van der Waals surface area (Å²) in [4.78, 5) is 2.53. The lowest BCUT2D eigenvalue weighted by atomic mass is 9.31. The van der Waals surface area contributed by atoms with Gasteiger partial charge in [0.1, 0.15) is 11.5 Å². The normalized spacial score (nSPS) is 13.5. The Kier molecular flexibility index (Phi) is 7.49. The summed E-state index contributed by atoms with van der Waals surface area (Å²) in [7, 11) is 0. The van der Waals surface area contributed by atoms with Crippen LogP contribution in [0.1, 0.15) is 22.3 Å². The van der Waals surface area contributed by atoms with Crippen molar-refractivity contribution in [3.05, 3.63) is 210 Å². The number of anilines is 3. The van der Waals surface area contributed by atoms with Crippen LogP contribution in [-0.4, -0.2) is 22.6 Å². The smallest absolute Gasteiger partial charge is 0.256 e. The van der Waals surface area contributed by atoms with Gasteiger partial charge in [-0.2, -0.15) is 0 Å². The monoisotopic (exact) mass is 891 g/mol. The highest BCUT2D eigenvalue weighted by molar-refractivity contribution is 7.02. The van der Waals surface area contributed by atoms with Crippen molar-refractivity contribution in [3.8, 4) is 45.1 Å². The number of rotatable bonds is 3. The number of aryl methyl sites for hydroxylation is 4. The molecule has 0 bridgehead atoms. The summed E-state index contributed by atoms with van der Waals surface area (Å²) >= 11 is 0. The van der Waals surface area contributed by atoms with Crippen LogP contribution >= 0.6 is 0 Å². The van der Waals surface area contributed by atoms with Crippen LogP contribution in [0.3, 0.4) is 0 Å². The summed E-state index contributed by atoms with van der Waals surface area (Å²) in [5.41, 5.74) is 28.5. The Hall–Kier alpha value is -8.47. The van der Waals surface area contributed by atoms with E-state index in [0.717, 1.165) is 28.4 Å². The van der Waals surface area contributed by atoms with Gasteiger partial charge in [-0.05, 0) is 142 Å². The molecular formula is C64H43B2N3O. The van der Waals surface area contributed by atoms with Crippen molar-refractivity contribution < 1.29 is 4.74 Å². The molecule has 0 saturated carbocycles. The summed E-state index contributed by atoms with van der Waals surface area (Å²) in [5.74, 6) is 1.82. The number of ether oxygens (including phenoxy) is 1. The minimum absolute atomic E-state index is 0.0446. The van der Waals surface area contributed by atoms with Crippen molar-refractivity contribution in [2.75, 3.05) is 4.90 Å². The van der Waals surface area contributed by atoms with Gasteiger partial charge in [0.25, 0.3) is 13.4 Å². The fourth-order valence-electron chi connectivity index (χ4n) is 13.3. The van der Waals surface area contributed by atoms with E-state index >= 15 is 0 Å². The van der Waals surface area contributed by atoms with E-state index in [-0.39, 0.29) is 13.4 Å². The second-order valence-electron chi connectivity index (χ2n) is 20.3. The zero-order valence-electron chi connectivity index (χ0n) is 39.3. The van der Waals surface area contributed by atoms with Crippen molar-refractivity contribution >= 4 is 107 Å². The van der Waals surface area contributed by atoms with E-state index in [1.54, 1.807) is 0 Å². The first-order valence-corrected chi connectivity index (χ1v) is 24.6. The molecule has 0 atom stereocenters. The Labute approximate surface area is 406 Å². The van der Waals surface area contributed by atoms with E-state index in [1.165, 1.54) is 132 Å². The maximum Gasteiger partial charge on any atom is 0.256 e. The van der Waals surface area contributed by atoms with Gasteiger partial charge in [0.2, 0.25) is 0 Å². The van der Waals surface area contributed by atoms with Crippen LogP contribution in [0.4, 0.5) is 17.1 Å². The molecule has 4 aliphatic rings. The Morgan fingerprint density at radius 1 is 0.371 bits per heavy atom. The number of fused-ring (bicyclic) bond motifs is 14. The maximum atomic E-state index is 7.53. The first-order valence-electron chi connectivity index (χ1n) is 24.6. The second-order valence-corrected chi connectivity index (χ2v) is 20.3. The van der Waals surface area contributed by atoms with E-state index in [0.29, 0.717) is 0 Å². The summed E-state index contributed by atoms with van der Waals surface area (Å²) in [6, 6.07) is 71.2. The third-order valence-corrected chi connectivity index (χ3v) is 16.3. The van der Waals surface area contributed by atoms with Gasteiger partial charge < -0.3 is 18.8 Å². The fourth-order valence-corrected chi connectivity index (χ4v) is 13.3. The van der Waals surface area contributed by atoms with Crippen LogP contribution in [-0.2, 0) is 0 Å². The highest BCUT2D eigenvalue weighted by Gasteiger charge is 2.46. The minimum Gasteiger partial charge on any atom is -0.458 e. The fraction of sp³-hybridized carbons (Fsp3) is 0.0625. The summed E-state index contributed by atoms with van der Waals surface area (Å²) in [5, 5.41) is 5.11. The van der Waals surface area contributed by atoms with E-state index in [2.05, 4.69) is 230 Å². The molecule has 0 saturated heterocycles. The number of aromatic nitrogens is 2. The molecule has 10 aromatic carbocycles. The van der Waals surface area contributed by atoms with Gasteiger partial charge in [0, 0.05) is 67.1 Å². The Bertz CT molecular complexity index is 4350. The Balaban J connectivity index is 1.04. The van der Waals surface area contributed by atoms with E-state index in [4.69, 9.17) is 4.74 Å². The molecule has 4 aliphatic heterocycles. The summed E-state index contributed by atoms with van der Waals surface area (Å²) in [6.07, 6.45) is 0. The molecule has 0 unspecified atom stereocenters. The van der Waals surface area contributed by atoms with Gasteiger partial charge >= 0.3 is 0 Å². The molecule has 0 aliphatic carbocycles. The quantitative estimate of drug-likeness (QED) is 0.165. The topological polar surface area (TPSA) is 22.3 Å². The molecule has 0 fully saturated rings. The number of benzene rings is 10. The summed E-state index contributed by atoms with van der Waals surface area (Å²) < 4.78 is 12.6. The lowest BCUT2D eigenvalue weighted by molar-refractivity contribution is 0.487. The third kappa shape index (κ3) is 4.92. The molecular weight excluding hydrogens is 848 g/mol. The lowest BCUT2D eigenvalue weighted by Crippen LogP contribution is -2.63. The third-order valence-electron chi connectivity index (χ3n) is 16.3. The van der Waals surface area contributed by atoms with E-state index < -0.39 is 0 Å². The van der Waals surface area contributed by atoms with Crippen molar-refractivity contribution in [1.29, 1.82) is 0 Å². The molecule has 12 aromatic rings. The predicted molar refractivity (Wildman–Crippen MR) is 295 cm³/mol. The molecule has 2 aromatic heterocycles. The molecule has 0 amide bonds. The van der Waals surface area contributed by atoms with Crippen molar-refractivity contribution in [3.63, 3.8) is 0 Å². The first-order chi connectivity index (χ1) is 34.4. The lowest BCUT2D eigenvalue weighted by Gasteiger charge is -2.42. The highest BCUT2D eigenvalue weighted by Crippen LogP contribution is 2.46. The largest absolute Gasteiger partial charge is 0.458 e. The first kappa shape index (κ1) is 38.5. The van der Waals surface area contributed by atoms with Crippen molar-refractivity contribution in [1.82, 2.24) is 9.13 Å². The number of hydrogen-bond acceptors (Lipinski definition) is 2. The zero-order valence-corrected chi connectivity index (χ0v) is 39.3. The average molecular weight is 892 g/mol. The number of hydrogen-bond donors (Lipinski definition) is 0. The Morgan fingerprint density at radius 2 is 0.900 bits per heavy atom. The minimum atomic E-state index is -0.0595. The molecule has 6 heteroatoms. The van der Waals surface area contributed by atoms with Crippen LogP contribution in [0, 0.1) is 27.7 Å². The number of para-hydroxylation sites is 5. The van der Waals surface area contributed by atoms with Crippen LogP contribution in [0.15, 0.2) is 188 Å². The standard InChI is InChI=1S/C64H43B2N3O/c1-36-24-26-38(3)47(28-36)40-30-56-61-57(31-40)68-53-22-10-8-16-43(53)45-18-12-20-49(63(45)68)65(61)51-34-52-59(35-55(51)67(56)42-14-6-5-7-15-42)70-60-33-41(48-29-37(2)25-27-39(48)4)32-58-62(60)66(52)50-21-13-19-46-44-17-9-11-23-54(44)69(58)64(46)50/h5-35H,1-4H3. The van der Waals surface area contributed by atoms with E-state index in [1.807, 2.05) is 0 Å².